The Labute approximate surface area is 128 Å². The maximum Gasteiger partial charge on any atom is 0.447 e. The molecular formula is C14H18FNO5S. The second-order valence-electron chi connectivity index (χ2n) is 5.33. The molecule has 0 N–H and O–H groups in total. The summed E-state index contributed by atoms with van der Waals surface area (Å²) in [5, 5.41) is 0. The first-order chi connectivity index (χ1) is 10.4. The quantitative estimate of drug-likeness (QED) is 0.792. The number of piperidine rings is 1. The van der Waals surface area contributed by atoms with Crippen LogP contribution in [0.1, 0.15) is 18.4 Å². The standard InChI is InChI=1S/C14H18FNO5S/c1-11-2-4-13(5-3-11)22(18,19)20-10-12-6-8-16(9-7-12)14(17)21-15/h2-5,12H,6-10H2,1H3. The van der Waals surface area contributed by atoms with E-state index in [1.54, 1.807) is 12.1 Å². The summed E-state index contributed by atoms with van der Waals surface area (Å²) in [6.45, 7) is 2.56. The topological polar surface area (TPSA) is 72.9 Å². The average Bonchev–Trinajstić information content (AvgIpc) is 2.53. The molecule has 1 heterocycles. The third kappa shape index (κ3) is 4.17. The molecule has 0 bridgehead atoms. The number of carbonyl (C=O) groups excluding carboxylic acids is 1. The zero-order chi connectivity index (χ0) is 16.2. The number of rotatable bonds is 4. The van der Waals surface area contributed by atoms with Gasteiger partial charge in [-0.05, 0) is 37.8 Å². The summed E-state index contributed by atoms with van der Waals surface area (Å²) in [4.78, 5) is 15.5. The van der Waals surface area contributed by atoms with Crippen molar-refractivity contribution in [2.24, 2.45) is 5.92 Å². The second kappa shape index (κ2) is 7.06. The summed E-state index contributed by atoms with van der Waals surface area (Å²) in [5.41, 5.74) is 0.964. The molecule has 1 aliphatic heterocycles. The molecular weight excluding hydrogens is 313 g/mol. The fourth-order valence-corrected chi connectivity index (χ4v) is 3.27. The lowest BCUT2D eigenvalue weighted by Crippen LogP contribution is -2.39. The lowest BCUT2D eigenvalue weighted by Gasteiger charge is -2.29. The third-order valence-electron chi connectivity index (χ3n) is 3.71. The van der Waals surface area contributed by atoms with Gasteiger partial charge in [0.2, 0.25) is 0 Å². The molecule has 122 valence electrons. The number of likely N-dealkylation sites (tertiary alicyclic amines) is 1. The SMILES string of the molecule is Cc1ccc(S(=O)(=O)OCC2CCN(C(=O)OF)CC2)cc1. The molecule has 0 atom stereocenters. The Morgan fingerprint density at radius 3 is 2.41 bits per heavy atom. The van der Waals surface area contributed by atoms with Crippen LogP contribution < -0.4 is 0 Å². The molecule has 0 spiro atoms. The van der Waals surface area contributed by atoms with Crippen LogP contribution >= 0.6 is 0 Å². The largest absolute Gasteiger partial charge is 0.447 e. The Morgan fingerprint density at radius 2 is 1.86 bits per heavy atom. The summed E-state index contributed by atoms with van der Waals surface area (Å²) in [6, 6.07) is 6.42. The first-order valence-corrected chi connectivity index (χ1v) is 8.37. The Morgan fingerprint density at radius 1 is 1.27 bits per heavy atom. The highest BCUT2D eigenvalue weighted by molar-refractivity contribution is 7.86. The van der Waals surface area contributed by atoms with E-state index in [1.165, 1.54) is 17.0 Å². The van der Waals surface area contributed by atoms with Crippen LogP contribution in [0, 0.1) is 12.8 Å². The van der Waals surface area contributed by atoms with Crippen LogP contribution in [0.5, 0.6) is 0 Å². The molecule has 22 heavy (non-hydrogen) atoms. The van der Waals surface area contributed by atoms with Crippen LogP contribution in [0.2, 0.25) is 0 Å². The zero-order valence-electron chi connectivity index (χ0n) is 12.2. The van der Waals surface area contributed by atoms with Gasteiger partial charge in [0.1, 0.15) is 0 Å². The maximum atomic E-state index is 12.0. The van der Waals surface area contributed by atoms with E-state index in [1.807, 2.05) is 6.92 Å². The predicted molar refractivity (Wildman–Crippen MR) is 76.2 cm³/mol. The number of halogens is 1. The first kappa shape index (κ1) is 16.7. The van der Waals surface area contributed by atoms with Gasteiger partial charge in [-0.3, -0.25) is 4.18 Å². The summed E-state index contributed by atoms with van der Waals surface area (Å²) in [5.74, 6) is 0.00360. The monoisotopic (exact) mass is 331 g/mol. The van der Waals surface area contributed by atoms with E-state index < -0.39 is 16.2 Å². The first-order valence-electron chi connectivity index (χ1n) is 6.96. The van der Waals surface area contributed by atoms with Crippen molar-refractivity contribution in [2.75, 3.05) is 19.7 Å². The van der Waals surface area contributed by atoms with Gasteiger partial charge < -0.3 is 4.90 Å². The van der Waals surface area contributed by atoms with Crippen molar-refractivity contribution in [3.63, 3.8) is 0 Å². The van der Waals surface area contributed by atoms with E-state index in [4.69, 9.17) is 4.18 Å². The van der Waals surface area contributed by atoms with Crippen LogP contribution in [0.25, 0.3) is 0 Å². The minimum absolute atomic E-state index is 0.00360. The third-order valence-corrected chi connectivity index (χ3v) is 5.00. The van der Waals surface area contributed by atoms with E-state index in [-0.39, 0.29) is 17.4 Å². The Bertz CT molecular complexity index is 609. The lowest BCUT2D eigenvalue weighted by molar-refractivity contribution is -0.0826. The minimum atomic E-state index is -3.78. The number of hydrogen-bond acceptors (Lipinski definition) is 5. The second-order valence-corrected chi connectivity index (χ2v) is 6.94. The molecule has 8 heteroatoms. The maximum absolute atomic E-state index is 12.0. The molecule has 6 nitrogen and oxygen atoms in total. The number of amides is 1. The van der Waals surface area contributed by atoms with Gasteiger partial charge in [0.15, 0.2) is 0 Å². The van der Waals surface area contributed by atoms with Crippen LogP contribution in [0.4, 0.5) is 9.32 Å². The van der Waals surface area contributed by atoms with E-state index in [0.29, 0.717) is 25.9 Å². The van der Waals surface area contributed by atoms with Gasteiger partial charge in [0.25, 0.3) is 10.1 Å². The van der Waals surface area contributed by atoms with Crippen molar-refractivity contribution in [2.45, 2.75) is 24.7 Å². The van der Waals surface area contributed by atoms with Gasteiger partial charge >= 0.3 is 6.09 Å². The van der Waals surface area contributed by atoms with Crippen molar-refractivity contribution >= 4 is 16.2 Å². The summed E-state index contributed by atoms with van der Waals surface area (Å²) in [6.07, 6.45) is 0.0727. The van der Waals surface area contributed by atoms with Gasteiger partial charge in [0.05, 0.1) is 11.5 Å². The van der Waals surface area contributed by atoms with Crippen LogP contribution in [-0.2, 0) is 19.2 Å². The fraction of sp³-hybridized carbons (Fsp3) is 0.500. The van der Waals surface area contributed by atoms with Crippen LogP contribution in [-0.4, -0.2) is 39.1 Å². The molecule has 1 aromatic carbocycles. The average molecular weight is 331 g/mol. The van der Waals surface area contributed by atoms with Crippen LogP contribution in [0.15, 0.2) is 29.2 Å². The van der Waals surface area contributed by atoms with Gasteiger partial charge in [0, 0.05) is 17.6 Å². The van der Waals surface area contributed by atoms with Crippen molar-refractivity contribution < 1.29 is 26.9 Å². The van der Waals surface area contributed by atoms with E-state index in [9.17, 15) is 17.7 Å². The van der Waals surface area contributed by atoms with E-state index >= 15 is 0 Å². The normalized spacial score (nSPS) is 16.5. The Kier molecular flexibility index (Phi) is 5.36. The van der Waals surface area contributed by atoms with Crippen molar-refractivity contribution in [3.8, 4) is 0 Å². The van der Waals surface area contributed by atoms with Gasteiger partial charge in [-0.15, -0.1) is 0 Å². The van der Waals surface area contributed by atoms with Gasteiger partial charge in [-0.1, -0.05) is 17.7 Å². The molecule has 1 amide bonds. The molecule has 0 saturated carbocycles. The number of nitrogens with zero attached hydrogens (tertiary/aromatic N) is 1. The molecule has 1 aliphatic rings. The highest BCUT2D eigenvalue weighted by Gasteiger charge is 2.26. The van der Waals surface area contributed by atoms with E-state index in [2.05, 4.69) is 4.94 Å². The molecule has 0 unspecified atom stereocenters. The molecule has 2 rings (SSSR count). The summed E-state index contributed by atoms with van der Waals surface area (Å²) < 4.78 is 41.0. The highest BCUT2D eigenvalue weighted by Crippen LogP contribution is 2.21. The molecule has 1 saturated heterocycles. The minimum Gasteiger partial charge on any atom is -0.306 e. The predicted octanol–water partition coefficient (Wildman–Crippen LogP) is 2.43. The van der Waals surface area contributed by atoms with Crippen LogP contribution in [0.3, 0.4) is 0 Å². The number of carbonyl (C=O) groups is 1. The number of benzene rings is 1. The number of aryl methyl sites for hydroxylation is 1. The van der Waals surface area contributed by atoms with Crippen molar-refractivity contribution in [1.82, 2.24) is 4.90 Å². The van der Waals surface area contributed by atoms with Gasteiger partial charge in [-0.2, -0.15) is 8.42 Å². The molecule has 0 aliphatic carbocycles. The van der Waals surface area contributed by atoms with Crippen molar-refractivity contribution in [3.05, 3.63) is 29.8 Å². The summed E-state index contributed by atoms with van der Waals surface area (Å²) in [7, 11) is -3.78. The lowest BCUT2D eigenvalue weighted by atomic mass is 9.98. The molecule has 0 aromatic heterocycles. The summed E-state index contributed by atoms with van der Waals surface area (Å²) >= 11 is 0. The molecule has 1 fully saturated rings. The smallest absolute Gasteiger partial charge is 0.306 e. The van der Waals surface area contributed by atoms with Gasteiger partial charge in [-0.25, -0.2) is 9.74 Å². The molecule has 1 aromatic rings. The van der Waals surface area contributed by atoms with E-state index in [0.717, 1.165) is 5.56 Å². The Hall–Kier alpha value is -1.67. The molecule has 0 radical (unpaired) electrons. The number of hydrogen-bond donors (Lipinski definition) is 0. The fourth-order valence-electron chi connectivity index (χ4n) is 2.29. The van der Waals surface area contributed by atoms with Crippen molar-refractivity contribution in [1.29, 1.82) is 0 Å². The Balaban J connectivity index is 1.86. The highest BCUT2D eigenvalue weighted by atomic mass is 32.2. The zero-order valence-corrected chi connectivity index (χ0v) is 13.0.